The van der Waals surface area contributed by atoms with E-state index in [0.717, 1.165) is 30.9 Å². The summed E-state index contributed by atoms with van der Waals surface area (Å²) in [5, 5.41) is 15.8. The Morgan fingerprint density at radius 3 is 1.21 bits per heavy atom. The lowest BCUT2D eigenvalue weighted by molar-refractivity contribution is 0.102. The number of amides is 2. The largest absolute Gasteiger partial charge is 0.307 e. The molecule has 3 heterocycles. The fourth-order valence-electron chi connectivity index (χ4n) is 8.86. The van der Waals surface area contributed by atoms with Crippen LogP contribution >= 0.6 is 0 Å². The van der Waals surface area contributed by atoms with Crippen LogP contribution in [0, 0.1) is 0 Å². The molecule has 2 amide bonds. The second-order valence-electron chi connectivity index (χ2n) is 15.9. The van der Waals surface area contributed by atoms with Crippen LogP contribution in [0.15, 0.2) is 170 Å². The fourth-order valence-corrected chi connectivity index (χ4v) is 8.86. The second kappa shape index (κ2) is 16.8. The molecular formula is C53H44N6O2. The molecule has 1 aliphatic rings. The average molecular weight is 797 g/mol. The molecule has 1 aliphatic heterocycles. The number of nitrogens with one attached hydrogen (secondary N) is 2. The van der Waals surface area contributed by atoms with E-state index in [-0.39, 0.29) is 11.8 Å². The van der Waals surface area contributed by atoms with Gasteiger partial charge in [0.25, 0.3) is 11.8 Å². The summed E-state index contributed by atoms with van der Waals surface area (Å²) in [5.41, 5.74) is 4.99. The van der Waals surface area contributed by atoms with Gasteiger partial charge < -0.3 is 10.6 Å². The molecule has 0 saturated heterocycles. The number of pyridine rings is 2. The second-order valence-corrected chi connectivity index (χ2v) is 15.9. The number of aromatic nitrogens is 2. The molecule has 8 nitrogen and oxygen atoms in total. The first-order valence-corrected chi connectivity index (χ1v) is 20.9. The number of fused-ring (bicyclic) bond motifs is 10. The zero-order valence-electron chi connectivity index (χ0n) is 33.7. The number of carbonyl (C=O) groups excluding carboxylic acids is 2. The average Bonchev–Trinajstić information content (AvgIpc) is 3.28. The molecule has 0 fully saturated rings. The van der Waals surface area contributed by atoms with E-state index in [1.54, 1.807) is 36.4 Å². The minimum atomic E-state index is -0.341. The highest BCUT2D eigenvalue weighted by atomic mass is 16.2. The lowest BCUT2D eigenvalue weighted by Gasteiger charge is -2.28. The Labute approximate surface area is 354 Å². The first-order valence-electron chi connectivity index (χ1n) is 20.9. The Kier molecular flexibility index (Phi) is 10.4. The summed E-state index contributed by atoms with van der Waals surface area (Å²) in [4.78, 5) is 42.0. The molecule has 2 N–H and O–H groups in total. The van der Waals surface area contributed by atoms with E-state index in [2.05, 4.69) is 130 Å². The summed E-state index contributed by atoms with van der Waals surface area (Å²) in [7, 11) is 0. The predicted octanol–water partition coefficient (Wildman–Crippen LogP) is 11.0. The van der Waals surface area contributed by atoms with Crippen molar-refractivity contribution in [1.82, 2.24) is 19.8 Å². The third-order valence-electron chi connectivity index (χ3n) is 11.7. The third-order valence-corrected chi connectivity index (χ3v) is 11.7. The maximum Gasteiger partial charge on any atom is 0.256 e. The van der Waals surface area contributed by atoms with Crippen molar-refractivity contribution in [2.75, 3.05) is 23.7 Å². The van der Waals surface area contributed by atoms with Gasteiger partial charge in [-0.3, -0.25) is 19.4 Å². The van der Waals surface area contributed by atoms with E-state index >= 15 is 0 Å². The van der Waals surface area contributed by atoms with Gasteiger partial charge in [-0.15, -0.1) is 0 Å². The molecule has 7 aromatic carbocycles. The minimum Gasteiger partial charge on any atom is -0.307 e. The molecule has 0 spiro atoms. The summed E-state index contributed by atoms with van der Waals surface area (Å²) in [6, 6.07) is 57.4. The summed E-state index contributed by atoms with van der Waals surface area (Å²) in [5.74, 6) is 0.229. The monoisotopic (exact) mass is 796 g/mol. The molecule has 0 radical (unpaired) electrons. The number of hydrogen-bond donors (Lipinski definition) is 2. The van der Waals surface area contributed by atoms with Crippen LogP contribution in [0.4, 0.5) is 11.6 Å². The highest BCUT2D eigenvalue weighted by Crippen LogP contribution is 2.32. The van der Waals surface area contributed by atoms with Crippen molar-refractivity contribution in [2.24, 2.45) is 0 Å². The maximum absolute atomic E-state index is 13.6. The zero-order chi connectivity index (χ0) is 41.1. The van der Waals surface area contributed by atoms with Gasteiger partial charge in [0.05, 0.1) is 11.4 Å². The molecule has 10 rings (SSSR count). The van der Waals surface area contributed by atoms with Gasteiger partial charge in [-0.05, 0) is 115 Å². The molecule has 0 atom stereocenters. The van der Waals surface area contributed by atoms with Crippen molar-refractivity contribution in [3.05, 3.63) is 203 Å². The fraction of sp³-hybridized carbons (Fsp3) is 0.132. The van der Waals surface area contributed by atoms with Crippen LogP contribution in [0.1, 0.15) is 49.7 Å². The summed E-state index contributed by atoms with van der Waals surface area (Å²) >= 11 is 0. The molecule has 61 heavy (non-hydrogen) atoms. The standard InChI is InChI=1S/C53H44N6O2/c60-52-40-17-9-18-41(31-40)53(61)57-51-26-11-20-43(55-51)33-59(35-49-46-23-7-3-15-38(46)30-39-16-4-8-24-47(39)49)28-12-27-58(32-42-19-10-25-50(54-42)56-52)34-48-44-21-5-1-13-36(44)29-37-14-2-6-22-45(37)48/h1-11,13-26,29-31H,12,27-28,32-35H2,(H,54,56,60)(H,55,57,61). The predicted molar refractivity (Wildman–Crippen MR) is 247 cm³/mol. The molecule has 2 aromatic heterocycles. The van der Waals surface area contributed by atoms with Crippen molar-refractivity contribution >= 4 is 66.5 Å². The molecular weight excluding hydrogens is 753 g/mol. The summed E-state index contributed by atoms with van der Waals surface area (Å²) in [6.45, 7) is 4.16. The number of hydrogen-bond acceptors (Lipinski definition) is 6. The highest BCUT2D eigenvalue weighted by molar-refractivity contribution is 6.08. The Balaban J connectivity index is 1.06. The Hall–Kier alpha value is -7.26. The van der Waals surface area contributed by atoms with E-state index in [0.29, 0.717) is 48.9 Å². The van der Waals surface area contributed by atoms with Crippen molar-refractivity contribution in [3.63, 3.8) is 0 Å². The van der Waals surface area contributed by atoms with Crippen LogP contribution in [0.3, 0.4) is 0 Å². The maximum atomic E-state index is 13.6. The van der Waals surface area contributed by atoms with Gasteiger partial charge in [-0.25, -0.2) is 9.97 Å². The van der Waals surface area contributed by atoms with Crippen LogP contribution in [0.5, 0.6) is 0 Å². The van der Waals surface area contributed by atoms with E-state index in [1.807, 2.05) is 24.3 Å². The molecule has 298 valence electrons. The quantitative estimate of drug-likeness (QED) is 0.172. The van der Waals surface area contributed by atoms with Crippen LogP contribution < -0.4 is 10.6 Å². The molecule has 9 aromatic rings. The first-order chi connectivity index (χ1) is 30.0. The van der Waals surface area contributed by atoms with E-state index in [9.17, 15) is 9.59 Å². The summed E-state index contributed by atoms with van der Waals surface area (Å²) in [6.07, 6.45) is 0.868. The Morgan fingerprint density at radius 1 is 0.426 bits per heavy atom. The number of rotatable bonds is 4. The normalized spacial score (nSPS) is 14.6. The lowest BCUT2D eigenvalue weighted by atomic mass is 9.96. The smallest absolute Gasteiger partial charge is 0.256 e. The van der Waals surface area contributed by atoms with Crippen LogP contribution in [-0.4, -0.2) is 44.7 Å². The molecule has 8 heteroatoms. The number of benzene rings is 7. The van der Waals surface area contributed by atoms with Gasteiger partial charge in [0.15, 0.2) is 0 Å². The minimum absolute atomic E-state index is 0.341. The van der Waals surface area contributed by atoms with Gasteiger partial charge in [0, 0.05) is 50.4 Å². The lowest BCUT2D eigenvalue weighted by Crippen LogP contribution is -2.30. The SMILES string of the molecule is O=C1Nc2cccc(n2)CN(Cc2c3ccccc3cc3ccccc23)CCCN(Cc2c3ccccc3cc3ccccc23)Cc2cccc(n2)NC(=O)c2cccc1c2. The van der Waals surface area contributed by atoms with E-state index < -0.39 is 0 Å². The number of carbonyl (C=O) groups is 2. The van der Waals surface area contributed by atoms with Crippen LogP contribution in [-0.2, 0) is 26.2 Å². The molecule has 0 unspecified atom stereocenters. The van der Waals surface area contributed by atoms with E-state index in [4.69, 9.17) is 9.97 Å². The summed E-state index contributed by atoms with van der Waals surface area (Å²) < 4.78 is 0. The van der Waals surface area contributed by atoms with E-state index in [1.165, 1.54) is 54.2 Å². The Bertz CT molecular complexity index is 2800. The topological polar surface area (TPSA) is 90.5 Å². The van der Waals surface area contributed by atoms with Gasteiger partial charge >= 0.3 is 0 Å². The van der Waals surface area contributed by atoms with Crippen LogP contribution in [0.2, 0.25) is 0 Å². The number of anilines is 2. The Morgan fingerprint density at radius 2 is 0.803 bits per heavy atom. The van der Waals surface area contributed by atoms with Crippen molar-refractivity contribution in [2.45, 2.75) is 32.6 Å². The van der Waals surface area contributed by atoms with Crippen molar-refractivity contribution in [3.8, 4) is 0 Å². The van der Waals surface area contributed by atoms with Gasteiger partial charge in [-0.2, -0.15) is 0 Å². The van der Waals surface area contributed by atoms with Gasteiger partial charge in [0.2, 0.25) is 0 Å². The molecule has 0 aliphatic carbocycles. The van der Waals surface area contributed by atoms with Gasteiger partial charge in [-0.1, -0.05) is 115 Å². The van der Waals surface area contributed by atoms with Crippen molar-refractivity contribution < 1.29 is 9.59 Å². The zero-order valence-corrected chi connectivity index (χ0v) is 33.7. The van der Waals surface area contributed by atoms with Crippen LogP contribution in [0.25, 0.3) is 43.1 Å². The van der Waals surface area contributed by atoms with Gasteiger partial charge in [0.1, 0.15) is 11.6 Å². The van der Waals surface area contributed by atoms with Crippen molar-refractivity contribution in [1.29, 1.82) is 0 Å². The highest BCUT2D eigenvalue weighted by Gasteiger charge is 2.19. The third kappa shape index (κ3) is 8.19. The first kappa shape index (κ1) is 38.0. The molecule has 6 bridgehead atoms. The number of nitrogens with zero attached hydrogens (tertiary/aromatic N) is 4. The molecule has 0 saturated carbocycles.